The number of rotatable bonds is 10. The van der Waals surface area contributed by atoms with Gasteiger partial charge in [-0.1, -0.05) is 0 Å². The van der Waals surface area contributed by atoms with E-state index in [1.54, 1.807) is 44.4 Å². The molecule has 2 N–H and O–H groups in total. The SMILES string of the molecule is COCCNCCNC(=O)C1CC(=O)N(c2ccc(OC)cc2OC)C1.Cl. The van der Waals surface area contributed by atoms with Crippen LogP contribution >= 0.6 is 12.4 Å². The van der Waals surface area contributed by atoms with Crippen LogP contribution in [-0.2, 0) is 14.3 Å². The monoisotopic (exact) mass is 401 g/mol. The Morgan fingerprint density at radius 1 is 1.19 bits per heavy atom. The largest absolute Gasteiger partial charge is 0.497 e. The van der Waals surface area contributed by atoms with Crippen molar-refractivity contribution in [3.05, 3.63) is 18.2 Å². The summed E-state index contributed by atoms with van der Waals surface area (Å²) in [6, 6.07) is 5.27. The van der Waals surface area contributed by atoms with Crippen molar-refractivity contribution in [3.63, 3.8) is 0 Å². The summed E-state index contributed by atoms with van der Waals surface area (Å²) in [4.78, 5) is 26.3. The minimum absolute atomic E-state index is 0. The van der Waals surface area contributed by atoms with Crippen LogP contribution in [0.3, 0.4) is 0 Å². The Labute approximate surface area is 165 Å². The summed E-state index contributed by atoms with van der Waals surface area (Å²) in [7, 11) is 4.75. The number of halogens is 1. The highest BCUT2D eigenvalue weighted by Gasteiger charge is 2.36. The minimum atomic E-state index is -0.367. The second-order valence-corrected chi connectivity index (χ2v) is 5.98. The molecule has 0 radical (unpaired) electrons. The van der Waals surface area contributed by atoms with Crippen LogP contribution in [-0.4, -0.2) is 65.9 Å². The number of amides is 2. The van der Waals surface area contributed by atoms with Crippen molar-refractivity contribution >= 4 is 29.9 Å². The number of hydrogen-bond acceptors (Lipinski definition) is 6. The van der Waals surface area contributed by atoms with E-state index in [4.69, 9.17) is 14.2 Å². The normalized spacial score (nSPS) is 16.0. The zero-order chi connectivity index (χ0) is 18.9. The van der Waals surface area contributed by atoms with E-state index in [9.17, 15) is 9.59 Å². The topological polar surface area (TPSA) is 89.1 Å². The molecular weight excluding hydrogens is 374 g/mol. The van der Waals surface area contributed by atoms with Gasteiger partial charge in [0.2, 0.25) is 11.8 Å². The zero-order valence-electron chi connectivity index (χ0n) is 15.9. The van der Waals surface area contributed by atoms with E-state index in [1.807, 2.05) is 0 Å². The summed E-state index contributed by atoms with van der Waals surface area (Å²) in [6.07, 6.45) is 0.193. The number of anilines is 1. The van der Waals surface area contributed by atoms with Crippen molar-refractivity contribution in [2.24, 2.45) is 5.92 Å². The number of ether oxygens (including phenoxy) is 3. The van der Waals surface area contributed by atoms with E-state index in [2.05, 4.69) is 10.6 Å². The van der Waals surface area contributed by atoms with Gasteiger partial charge in [0.05, 0.1) is 32.4 Å². The maximum Gasteiger partial charge on any atom is 0.227 e. The highest BCUT2D eigenvalue weighted by atomic mass is 35.5. The van der Waals surface area contributed by atoms with Gasteiger partial charge in [-0.05, 0) is 12.1 Å². The van der Waals surface area contributed by atoms with Crippen molar-refractivity contribution in [3.8, 4) is 11.5 Å². The second kappa shape index (κ2) is 11.6. The van der Waals surface area contributed by atoms with Gasteiger partial charge in [0.1, 0.15) is 11.5 Å². The summed E-state index contributed by atoms with van der Waals surface area (Å²) >= 11 is 0. The third-order valence-corrected chi connectivity index (χ3v) is 4.26. The maximum atomic E-state index is 12.4. The van der Waals surface area contributed by atoms with Gasteiger partial charge in [0.25, 0.3) is 0 Å². The third kappa shape index (κ3) is 6.27. The average molecular weight is 402 g/mol. The summed E-state index contributed by atoms with van der Waals surface area (Å²) in [5, 5.41) is 6.02. The molecule has 1 aliphatic rings. The van der Waals surface area contributed by atoms with Crippen LogP contribution in [0.15, 0.2) is 18.2 Å². The summed E-state index contributed by atoms with van der Waals surface area (Å²) < 4.78 is 15.5. The Hall–Kier alpha value is -2.03. The van der Waals surface area contributed by atoms with Gasteiger partial charge in [-0.25, -0.2) is 0 Å². The van der Waals surface area contributed by atoms with Crippen LogP contribution in [0.2, 0.25) is 0 Å². The predicted octanol–water partition coefficient (Wildman–Crippen LogP) is 0.831. The number of nitrogens with zero attached hydrogens (tertiary/aromatic N) is 1. The predicted molar refractivity (Wildman–Crippen MR) is 105 cm³/mol. The number of carbonyl (C=O) groups is 2. The third-order valence-electron chi connectivity index (χ3n) is 4.26. The Kier molecular flexibility index (Phi) is 9.92. The Balaban J connectivity index is 0.00000364. The summed E-state index contributed by atoms with van der Waals surface area (Å²) in [5.41, 5.74) is 0.648. The minimum Gasteiger partial charge on any atom is -0.497 e. The lowest BCUT2D eigenvalue weighted by Crippen LogP contribution is -2.37. The van der Waals surface area contributed by atoms with E-state index in [-0.39, 0.29) is 36.6 Å². The highest BCUT2D eigenvalue weighted by Crippen LogP contribution is 2.35. The van der Waals surface area contributed by atoms with Gasteiger partial charge in [-0.15, -0.1) is 12.4 Å². The fraction of sp³-hybridized carbons (Fsp3) is 0.556. The molecule has 27 heavy (non-hydrogen) atoms. The summed E-state index contributed by atoms with van der Waals surface area (Å²) in [5.74, 6) is 0.621. The Morgan fingerprint density at radius 3 is 2.63 bits per heavy atom. The number of carbonyl (C=O) groups excluding carboxylic acids is 2. The number of methoxy groups -OCH3 is 3. The maximum absolute atomic E-state index is 12.4. The molecule has 0 aliphatic carbocycles. The molecule has 2 amide bonds. The first-order valence-corrected chi connectivity index (χ1v) is 8.60. The van der Waals surface area contributed by atoms with E-state index >= 15 is 0 Å². The highest BCUT2D eigenvalue weighted by molar-refractivity contribution is 6.01. The molecule has 1 heterocycles. The molecule has 1 fully saturated rings. The van der Waals surface area contributed by atoms with Crippen molar-refractivity contribution in [2.45, 2.75) is 6.42 Å². The van der Waals surface area contributed by atoms with Crippen molar-refractivity contribution in [1.29, 1.82) is 0 Å². The van der Waals surface area contributed by atoms with Crippen LogP contribution in [0.25, 0.3) is 0 Å². The van der Waals surface area contributed by atoms with E-state index < -0.39 is 0 Å². The molecule has 152 valence electrons. The number of benzene rings is 1. The van der Waals surface area contributed by atoms with E-state index in [0.29, 0.717) is 43.4 Å². The lowest BCUT2D eigenvalue weighted by molar-refractivity contribution is -0.126. The Morgan fingerprint density at radius 2 is 1.96 bits per heavy atom. The smallest absolute Gasteiger partial charge is 0.227 e. The summed E-state index contributed by atoms with van der Waals surface area (Å²) in [6.45, 7) is 2.87. The van der Waals surface area contributed by atoms with Gasteiger partial charge < -0.3 is 29.7 Å². The van der Waals surface area contributed by atoms with Crippen molar-refractivity contribution < 1.29 is 23.8 Å². The fourth-order valence-corrected chi connectivity index (χ4v) is 2.84. The lowest BCUT2D eigenvalue weighted by atomic mass is 10.1. The van der Waals surface area contributed by atoms with Crippen LogP contribution in [0.5, 0.6) is 11.5 Å². The quantitative estimate of drug-likeness (QED) is 0.564. The molecule has 9 heteroatoms. The van der Waals surface area contributed by atoms with Crippen molar-refractivity contribution in [1.82, 2.24) is 10.6 Å². The van der Waals surface area contributed by atoms with E-state index in [1.165, 1.54) is 0 Å². The molecule has 2 rings (SSSR count). The zero-order valence-corrected chi connectivity index (χ0v) is 16.8. The van der Waals surface area contributed by atoms with Gasteiger partial charge in [0.15, 0.2) is 0 Å². The molecule has 8 nitrogen and oxygen atoms in total. The molecule has 1 aromatic rings. The molecule has 1 saturated heterocycles. The first-order valence-electron chi connectivity index (χ1n) is 8.60. The van der Waals surface area contributed by atoms with Gasteiger partial charge in [-0.3, -0.25) is 9.59 Å². The van der Waals surface area contributed by atoms with Gasteiger partial charge in [0, 0.05) is 45.8 Å². The molecule has 0 bridgehead atoms. The first kappa shape index (κ1) is 23.0. The van der Waals surface area contributed by atoms with Crippen LogP contribution in [0.1, 0.15) is 6.42 Å². The molecular formula is C18H28ClN3O5. The second-order valence-electron chi connectivity index (χ2n) is 5.98. The molecule has 0 aromatic heterocycles. The number of nitrogens with one attached hydrogen (secondary N) is 2. The van der Waals surface area contributed by atoms with Crippen LogP contribution < -0.4 is 25.0 Å². The molecule has 1 aromatic carbocycles. The molecule has 1 aliphatic heterocycles. The number of hydrogen-bond donors (Lipinski definition) is 2. The molecule has 1 atom stereocenters. The fourth-order valence-electron chi connectivity index (χ4n) is 2.84. The molecule has 0 saturated carbocycles. The standard InChI is InChI=1S/C18H27N3O5.ClH/c1-24-9-8-19-6-7-20-18(23)13-10-17(22)21(12-13)15-5-4-14(25-2)11-16(15)26-3;/h4-5,11,13,19H,6-10,12H2,1-3H3,(H,20,23);1H. The Bertz CT molecular complexity index is 629. The van der Waals surface area contributed by atoms with Crippen LogP contribution in [0.4, 0.5) is 5.69 Å². The van der Waals surface area contributed by atoms with Gasteiger partial charge >= 0.3 is 0 Å². The average Bonchev–Trinajstić information content (AvgIpc) is 3.05. The van der Waals surface area contributed by atoms with Crippen LogP contribution in [0, 0.1) is 5.92 Å². The van der Waals surface area contributed by atoms with E-state index in [0.717, 1.165) is 6.54 Å². The van der Waals surface area contributed by atoms with Crippen molar-refractivity contribution in [2.75, 3.05) is 59.0 Å². The van der Waals surface area contributed by atoms with Gasteiger partial charge in [-0.2, -0.15) is 0 Å². The molecule has 0 spiro atoms. The first-order chi connectivity index (χ1) is 12.6. The molecule has 1 unspecified atom stereocenters. The lowest BCUT2D eigenvalue weighted by Gasteiger charge is -2.20.